The van der Waals surface area contributed by atoms with E-state index in [1.54, 1.807) is 0 Å². The van der Waals surface area contributed by atoms with E-state index in [2.05, 4.69) is 19.6 Å². The van der Waals surface area contributed by atoms with Crippen molar-refractivity contribution >= 4 is 18.6 Å². The molecular formula is C23H46O2S. The molecule has 0 radical (unpaired) electrons. The molecular weight excluding hydrogens is 340 g/mol. The van der Waals surface area contributed by atoms with Gasteiger partial charge in [-0.2, -0.15) is 12.6 Å². The Kier molecular flexibility index (Phi) is 18.1. The molecule has 0 saturated heterocycles. The van der Waals surface area contributed by atoms with E-state index in [1.165, 1.54) is 83.5 Å². The Morgan fingerprint density at radius 2 is 1.15 bits per heavy atom. The maximum Gasteiger partial charge on any atom is 0.311 e. The van der Waals surface area contributed by atoms with Gasteiger partial charge in [-0.05, 0) is 32.4 Å². The van der Waals surface area contributed by atoms with Crippen LogP contribution >= 0.6 is 12.6 Å². The zero-order chi connectivity index (χ0) is 19.5. The number of unbranched alkanes of at least 4 members (excludes halogenated alkanes) is 13. The van der Waals surface area contributed by atoms with Crippen molar-refractivity contribution < 1.29 is 9.53 Å². The number of hydrogen-bond acceptors (Lipinski definition) is 3. The first kappa shape index (κ1) is 25.8. The van der Waals surface area contributed by atoms with Crippen LogP contribution in [0.2, 0.25) is 0 Å². The van der Waals surface area contributed by atoms with E-state index in [-0.39, 0.29) is 11.4 Å². The van der Waals surface area contributed by atoms with Crippen molar-refractivity contribution in [2.24, 2.45) is 5.41 Å². The minimum atomic E-state index is -0.340. The standard InChI is InChI=1S/C23H46O2S/c1-4-5-6-7-8-9-10-11-12-13-14-15-16-17-19-23(2,3)22(24)25-20-18-21-26/h26H,4-21H2,1-3H3. The smallest absolute Gasteiger partial charge is 0.311 e. The fraction of sp³-hybridized carbons (Fsp3) is 0.957. The fourth-order valence-electron chi connectivity index (χ4n) is 3.29. The average molecular weight is 387 g/mol. The van der Waals surface area contributed by atoms with Crippen LogP contribution in [0.15, 0.2) is 0 Å². The van der Waals surface area contributed by atoms with E-state index in [9.17, 15) is 4.79 Å². The molecule has 0 aliphatic rings. The van der Waals surface area contributed by atoms with E-state index in [0.717, 1.165) is 25.0 Å². The second kappa shape index (κ2) is 18.2. The SMILES string of the molecule is CCCCCCCCCCCCCCCCC(C)(C)C(=O)OCCCS. The van der Waals surface area contributed by atoms with Gasteiger partial charge in [0, 0.05) is 0 Å². The van der Waals surface area contributed by atoms with Gasteiger partial charge in [0.1, 0.15) is 0 Å². The molecule has 156 valence electrons. The molecule has 0 spiro atoms. The zero-order valence-electron chi connectivity index (χ0n) is 18.0. The van der Waals surface area contributed by atoms with Crippen LogP contribution < -0.4 is 0 Å². The van der Waals surface area contributed by atoms with Gasteiger partial charge in [0.05, 0.1) is 12.0 Å². The van der Waals surface area contributed by atoms with E-state index in [0.29, 0.717) is 6.61 Å². The number of rotatable bonds is 19. The number of carbonyl (C=O) groups excluding carboxylic acids is 1. The van der Waals surface area contributed by atoms with Gasteiger partial charge in [-0.25, -0.2) is 0 Å². The first-order chi connectivity index (χ1) is 12.5. The molecule has 26 heavy (non-hydrogen) atoms. The highest BCUT2D eigenvalue weighted by Gasteiger charge is 2.28. The Morgan fingerprint density at radius 1 is 0.731 bits per heavy atom. The van der Waals surface area contributed by atoms with Crippen LogP contribution in [0.4, 0.5) is 0 Å². The molecule has 0 aromatic heterocycles. The van der Waals surface area contributed by atoms with Crippen molar-refractivity contribution in [2.75, 3.05) is 12.4 Å². The number of esters is 1. The van der Waals surface area contributed by atoms with Crippen LogP contribution in [0, 0.1) is 5.41 Å². The molecule has 0 unspecified atom stereocenters. The second-order valence-corrected chi connectivity index (χ2v) is 8.89. The Morgan fingerprint density at radius 3 is 1.58 bits per heavy atom. The third-order valence-corrected chi connectivity index (χ3v) is 5.56. The summed E-state index contributed by atoms with van der Waals surface area (Å²) in [5, 5.41) is 0. The first-order valence-electron chi connectivity index (χ1n) is 11.3. The summed E-state index contributed by atoms with van der Waals surface area (Å²) in [6, 6.07) is 0. The third-order valence-electron chi connectivity index (χ3n) is 5.24. The fourth-order valence-corrected chi connectivity index (χ4v) is 3.42. The van der Waals surface area contributed by atoms with Crippen LogP contribution in [0.5, 0.6) is 0 Å². The number of thiol groups is 1. The molecule has 0 aliphatic heterocycles. The normalized spacial score (nSPS) is 11.7. The lowest BCUT2D eigenvalue weighted by atomic mass is 9.87. The summed E-state index contributed by atoms with van der Waals surface area (Å²) in [4.78, 5) is 12.1. The minimum absolute atomic E-state index is 0.0472. The first-order valence-corrected chi connectivity index (χ1v) is 12.0. The molecule has 0 amide bonds. The zero-order valence-corrected chi connectivity index (χ0v) is 18.9. The Labute approximate surface area is 169 Å². The van der Waals surface area contributed by atoms with E-state index in [4.69, 9.17) is 4.74 Å². The van der Waals surface area contributed by atoms with Crippen LogP contribution in [0.25, 0.3) is 0 Å². The predicted molar refractivity (Wildman–Crippen MR) is 118 cm³/mol. The summed E-state index contributed by atoms with van der Waals surface area (Å²) in [5.74, 6) is 0.723. The van der Waals surface area contributed by atoms with Gasteiger partial charge in [-0.3, -0.25) is 4.79 Å². The Bertz CT molecular complexity index is 315. The minimum Gasteiger partial charge on any atom is -0.465 e. The van der Waals surface area contributed by atoms with Gasteiger partial charge in [0.25, 0.3) is 0 Å². The summed E-state index contributed by atoms with van der Waals surface area (Å²) in [7, 11) is 0. The van der Waals surface area contributed by atoms with Gasteiger partial charge in [-0.1, -0.05) is 96.8 Å². The highest BCUT2D eigenvalue weighted by Crippen LogP contribution is 2.26. The summed E-state index contributed by atoms with van der Waals surface area (Å²) in [5.41, 5.74) is -0.340. The molecule has 0 atom stereocenters. The molecule has 0 bridgehead atoms. The molecule has 0 N–H and O–H groups in total. The number of ether oxygens (including phenoxy) is 1. The summed E-state index contributed by atoms with van der Waals surface area (Å²) in [6.07, 6.45) is 20.9. The molecule has 0 rings (SSSR count). The van der Waals surface area contributed by atoms with Crippen molar-refractivity contribution in [3.8, 4) is 0 Å². The topological polar surface area (TPSA) is 26.3 Å². The Hall–Kier alpha value is -0.180. The average Bonchev–Trinajstić information content (AvgIpc) is 2.62. The van der Waals surface area contributed by atoms with E-state index >= 15 is 0 Å². The lowest BCUT2D eigenvalue weighted by molar-refractivity contribution is -0.154. The maximum atomic E-state index is 12.1. The molecule has 0 heterocycles. The molecule has 0 aromatic carbocycles. The number of carbonyl (C=O) groups is 1. The van der Waals surface area contributed by atoms with Crippen molar-refractivity contribution in [3.05, 3.63) is 0 Å². The highest BCUT2D eigenvalue weighted by atomic mass is 32.1. The van der Waals surface area contributed by atoms with Crippen molar-refractivity contribution in [1.82, 2.24) is 0 Å². The van der Waals surface area contributed by atoms with Crippen molar-refractivity contribution in [2.45, 2.75) is 124 Å². The van der Waals surface area contributed by atoms with Crippen molar-refractivity contribution in [1.29, 1.82) is 0 Å². The predicted octanol–water partition coefficient (Wildman–Crippen LogP) is 7.75. The molecule has 0 fully saturated rings. The summed E-state index contributed by atoms with van der Waals surface area (Å²) >= 11 is 4.14. The summed E-state index contributed by atoms with van der Waals surface area (Å²) < 4.78 is 5.33. The third kappa shape index (κ3) is 16.0. The Balaban J connectivity index is 3.38. The van der Waals surface area contributed by atoms with E-state index in [1.807, 2.05) is 13.8 Å². The molecule has 3 heteroatoms. The highest BCUT2D eigenvalue weighted by molar-refractivity contribution is 7.80. The summed E-state index contributed by atoms with van der Waals surface area (Å²) in [6.45, 7) is 6.81. The maximum absolute atomic E-state index is 12.1. The second-order valence-electron chi connectivity index (χ2n) is 8.44. The molecule has 2 nitrogen and oxygen atoms in total. The number of hydrogen-bond donors (Lipinski definition) is 1. The van der Waals surface area contributed by atoms with Crippen molar-refractivity contribution in [3.63, 3.8) is 0 Å². The lowest BCUT2D eigenvalue weighted by Crippen LogP contribution is -2.27. The van der Waals surface area contributed by atoms with Crippen LogP contribution in [0.1, 0.15) is 124 Å². The van der Waals surface area contributed by atoms with Gasteiger partial charge >= 0.3 is 5.97 Å². The molecule has 0 aliphatic carbocycles. The van der Waals surface area contributed by atoms with Gasteiger partial charge in [-0.15, -0.1) is 0 Å². The van der Waals surface area contributed by atoms with Gasteiger partial charge in [0.2, 0.25) is 0 Å². The van der Waals surface area contributed by atoms with Gasteiger partial charge in [0.15, 0.2) is 0 Å². The molecule has 0 saturated carbocycles. The largest absolute Gasteiger partial charge is 0.465 e. The lowest BCUT2D eigenvalue weighted by Gasteiger charge is -2.22. The van der Waals surface area contributed by atoms with Crippen LogP contribution in [-0.2, 0) is 9.53 Å². The molecule has 0 aromatic rings. The van der Waals surface area contributed by atoms with E-state index < -0.39 is 0 Å². The quantitative estimate of drug-likeness (QED) is 0.139. The van der Waals surface area contributed by atoms with Crippen LogP contribution in [0.3, 0.4) is 0 Å². The monoisotopic (exact) mass is 386 g/mol. The van der Waals surface area contributed by atoms with Gasteiger partial charge < -0.3 is 4.74 Å². The van der Waals surface area contributed by atoms with Crippen LogP contribution in [-0.4, -0.2) is 18.3 Å².